The number of rotatable bonds is 6. The van der Waals surface area contributed by atoms with Gasteiger partial charge in [0, 0.05) is 25.3 Å². The highest BCUT2D eigenvalue weighted by molar-refractivity contribution is 6.06. The maximum absolute atomic E-state index is 12.3. The summed E-state index contributed by atoms with van der Waals surface area (Å²) in [4.78, 5) is 14.4. The normalized spacial score (nSPS) is 10.7. The third-order valence-electron chi connectivity index (χ3n) is 3.95. The van der Waals surface area contributed by atoms with E-state index in [2.05, 4.69) is 0 Å². The van der Waals surface area contributed by atoms with E-state index in [0.717, 1.165) is 17.0 Å². The number of hydrogen-bond acceptors (Lipinski definition) is 3. The second-order valence-electron chi connectivity index (χ2n) is 6.12. The molecule has 0 unspecified atom stereocenters. The number of anilines is 1. The Balaban J connectivity index is 1.64. The summed E-state index contributed by atoms with van der Waals surface area (Å²) in [5, 5.41) is 0. The molecule has 3 nitrogen and oxygen atoms in total. The van der Waals surface area contributed by atoms with Crippen molar-refractivity contribution in [1.29, 1.82) is 0 Å². The van der Waals surface area contributed by atoms with Gasteiger partial charge in [0.1, 0.15) is 11.5 Å². The third kappa shape index (κ3) is 4.61. The lowest BCUT2D eigenvalue weighted by molar-refractivity contribution is 0.104. The van der Waals surface area contributed by atoms with Crippen LogP contribution in [-0.2, 0) is 0 Å². The first-order chi connectivity index (χ1) is 12.6. The third-order valence-corrected chi connectivity index (χ3v) is 3.95. The fourth-order valence-corrected chi connectivity index (χ4v) is 2.46. The molecule has 3 heteroatoms. The fraction of sp³-hybridized carbons (Fsp3) is 0.0870. The van der Waals surface area contributed by atoms with Crippen molar-refractivity contribution in [2.24, 2.45) is 0 Å². The van der Waals surface area contributed by atoms with Crippen molar-refractivity contribution in [3.63, 3.8) is 0 Å². The van der Waals surface area contributed by atoms with Gasteiger partial charge in [0.2, 0.25) is 0 Å². The summed E-state index contributed by atoms with van der Waals surface area (Å²) in [6, 6.07) is 24.8. The first kappa shape index (κ1) is 17.5. The Hall–Kier alpha value is -3.33. The van der Waals surface area contributed by atoms with Crippen molar-refractivity contribution in [2.75, 3.05) is 19.0 Å². The van der Waals surface area contributed by atoms with Crippen LogP contribution in [0.2, 0.25) is 0 Å². The molecule has 0 radical (unpaired) electrons. The Bertz CT molecular complexity index is 880. The topological polar surface area (TPSA) is 29.5 Å². The molecule has 0 bridgehead atoms. The Kier molecular flexibility index (Phi) is 5.49. The molecule has 26 heavy (non-hydrogen) atoms. The summed E-state index contributed by atoms with van der Waals surface area (Å²) in [5.41, 5.74) is 2.75. The zero-order valence-electron chi connectivity index (χ0n) is 14.9. The van der Waals surface area contributed by atoms with Crippen LogP contribution < -0.4 is 9.64 Å². The molecule has 0 fully saturated rings. The van der Waals surface area contributed by atoms with Crippen LogP contribution in [-0.4, -0.2) is 19.9 Å². The van der Waals surface area contributed by atoms with Crippen LogP contribution >= 0.6 is 0 Å². The van der Waals surface area contributed by atoms with Crippen molar-refractivity contribution in [3.8, 4) is 11.5 Å². The van der Waals surface area contributed by atoms with Crippen molar-refractivity contribution in [2.45, 2.75) is 0 Å². The average Bonchev–Trinajstić information content (AvgIpc) is 2.68. The molecule has 0 aromatic heterocycles. The molecule has 0 saturated heterocycles. The van der Waals surface area contributed by atoms with Crippen LogP contribution in [0.1, 0.15) is 15.9 Å². The molecule has 0 heterocycles. The van der Waals surface area contributed by atoms with E-state index in [1.807, 2.05) is 79.7 Å². The molecule has 0 aliphatic heterocycles. The maximum atomic E-state index is 12.3. The van der Waals surface area contributed by atoms with Crippen molar-refractivity contribution in [1.82, 2.24) is 0 Å². The Morgan fingerprint density at radius 2 is 1.42 bits per heavy atom. The predicted octanol–water partition coefficient (Wildman–Crippen LogP) is 5.44. The number of allylic oxidation sites excluding steroid dienone is 1. The van der Waals surface area contributed by atoms with E-state index in [-0.39, 0.29) is 5.78 Å². The number of hydrogen-bond donors (Lipinski definition) is 0. The average molecular weight is 343 g/mol. The zero-order valence-corrected chi connectivity index (χ0v) is 14.9. The Morgan fingerprint density at radius 1 is 0.808 bits per heavy atom. The van der Waals surface area contributed by atoms with Gasteiger partial charge in [0.25, 0.3) is 0 Å². The van der Waals surface area contributed by atoms with E-state index < -0.39 is 0 Å². The highest BCUT2D eigenvalue weighted by Crippen LogP contribution is 2.21. The molecular formula is C23H21NO2. The summed E-state index contributed by atoms with van der Waals surface area (Å²) < 4.78 is 5.74. The molecule has 0 aliphatic rings. The number of ether oxygens (including phenoxy) is 1. The van der Waals surface area contributed by atoms with Crippen molar-refractivity contribution in [3.05, 3.63) is 96.1 Å². The highest BCUT2D eigenvalue weighted by atomic mass is 16.5. The standard InChI is InChI=1S/C23H21NO2/c1-24(2)20-13-8-18(9-14-20)10-17-23(25)19-11-15-22(16-12-19)26-21-6-4-3-5-7-21/h3-17H,1-2H3/b17-10+. The van der Waals surface area contributed by atoms with Gasteiger partial charge < -0.3 is 9.64 Å². The maximum Gasteiger partial charge on any atom is 0.185 e. The fourth-order valence-electron chi connectivity index (χ4n) is 2.46. The van der Waals surface area contributed by atoms with Gasteiger partial charge in [-0.2, -0.15) is 0 Å². The molecule has 130 valence electrons. The minimum Gasteiger partial charge on any atom is -0.457 e. The molecule has 0 amide bonds. The highest BCUT2D eigenvalue weighted by Gasteiger charge is 2.03. The van der Waals surface area contributed by atoms with Gasteiger partial charge >= 0.3 is 0 Å². The summed E-state index contributed by atoms with van der Waals surface area (Å²) in [6.45, 7) is 0. The van der Waals surface area contributed by atoms with E-state index in [4.69, 9.17) is 4.74 Å². The smallest absolute Gasteiger partial charge is 0.185 e. The number of para-hydroxylation sites is 1. The number of nitrogens with zero attached hydrogens (tertiary/aromatic N) is 1. The number of benzene rings is 3. The molecule has 3 rings (SSSR count). The summed E-state index contributed by atoms with van der Waals surface area (Å²) >= 11 is 0. The SMILES string of the molecule is CN(C)c1ccc(/C=C/C(=O)c2ccc(Oc3ccccc3)cc2)cc1. The molecule has 0 N–H and O–H groups in total. The first-order valence-corrected chi connectivity index (χ1v) is 8.44. The summed E-state index contributed by atoms with van der Waals surface area (Å²) in [7, 11) is 4.00. The summed E-state index contributed by atoms with van der Waals surface area (Å²) in [6.07, 6.45) is 3.42. The van der Waals surface area contributed by atoms with Crippen LogP contribution in [0.5, 0.6) is 11.5 Å². The molecule has 3 aromatic rings. The van der Waals surface area contributed by atoms with Crippen molar-refractivity contribution >= 4 is 17.5 Å². The van der Waals surface area contributed by atoms with Gasteiger partial charge in [-0.25, -0.2) is 0 Å². The van der Waals surface area contributed by atoms with E-state index in [1.165, 1.54) is 0 Å². The van der Waals surface area contributed by atoms with Crippen molar-refractivity contribution < 1.29 is 9.53 Å². The number of ketones is 1. The lowest BCUT2D eigenvalue weighted by Crippen LogP contribution is -2.07. The minimum atomic E-state index is -0.0343. The van der Waals surface area contributed by atoms with E-state index in [9.17, 15) is 4.79 Å². The van der Waals surface area contributed by atoms with Gasteiger partial charge in [0.15, 0.2) is 5.78 Å². The van der Waals surface area contributed by atoms with Gasteiger partial charge in [0.05, 0.1) is 0 Å². The van der Waals surface area contributed by atoms with E-state index in [1.54, 1.807) is 30.3 Å². The van der Waals surface area contributed by atoms with Gasteiger partial charge in [-0.1, -0.05) is 36.4 Å². The van der Waals surface area contributed by atoms with Gasteiger partial charge in [-0.05, 0) is 60.2 Å². The number of carbonyl (C=O) groups excluding carboxylic acids is 1. The quantitative estimate of drug-likeness (QED) is 0.441. The molecule has 0 saturated carbocycles. The molecule has 0 aliphatic carbocycles. The monoisotopic (exact) mass is 343 g/mol. The van der Waals surface area contributed by atoms with Gasteiger partial charge in [-0.3, -0.25) is 4.79 Å². The zero-order chi connectivity index (χ0) is 18.4. The van der Waals surface area contributed by atoms with Gasteiger partial charge in [-0.15, -0.1) is 0 Å². The lowest BCUT2D eigenvalue weighted by Gasteiger charge is -2.11. The van der Waals surface area contributed by atoms with Crippen LogP contribution in [0.15, 0.2) is 84.9 Å². The number of carbonyl (C=O) groups is 1. The first-order valence-electron chi connectivity index (χ1n) is 8.44. The largest absolute Gasteiger partial charge is 0.457 e. The van der Waals surface area contributed by atoms with Crippen LogP contribution in [0.4, 0.5) is 5.69 Å². The Labute approximate surface area is 154 Å². The molecular weight excluding hydrogens is 322 g/mol. The molecule has 0 atom stereocenters. The minimum absolute atomic E-state index is 0.0343. The second-order valence-corrected chi connectivity index (χ2v) is 6.12. The predicted molar refractivity (Wildman–Crippen MR) is 107 cm³/mol. The lowest BCUT2D eigenvalue weighted by atomic mass is 10.1. The molecule has 3 aromatic carbocycles. The Morgan fingerprint density at radius 3 is 2.04 bits per heavy atom. The molecule has 0 spiro atoms. The summed E-state index contributed by atoms with van der Waals surface area (Å²) in [5.74, 6) is 1.44. The van der Waals surface area contributed by atoms with E-state index >= 15 is 0 Å². The second kappa shape index (κ2) is 8.17. The van der Waals surface area contributed by atoms with Crippen LogP contribution in [0.25, 0.3) is 6.08 Å². The van der Waals surface area contributed by atoms with Crippen LogP contribution in [0, 0.1) is 0 Å². The van der Waals surface area contributed by atoms with Crippen LogP contribution in [0.3, 0.4) is 0 Å². The van der Waals surface area contributed by atoms with E-state index in [0.29, 0.717) is 11.3 Å².